The zero-order chi connectivity index (χ0) is 13.2. The number of halogens is 1. The summed E-state index contributed by atoms with van der Waals surface area (Å²) in [4.78, 5) is 2.49. The van der Waals surface area contributed by atoms with Crippen molar-refractivity contribution in [2.24, 2.45) is 0 Å². The van der Waals surface area contributed by atoms with Gasteiger partial charge in [0.15, 0.2) is 11.5 Å². The van der Waals surface area contributed by atoms with Crippen LogP contribution in [0.15, 0.2) is 18.2 Å². The highest BCUT2D eigenvalue weighted by atomic mass is 35.5. The maximum atomic E-state index is 6.57. The molecule has 104 valence electrons. The number of hydrogen-bond donors (Lipinski definition) is 0. The van der Waals surface area contributed by atoms with Gasteiger partial charge in [0.25, 0.3) is 0 Å². The van der Waals surface area contributed by atoms with Gasteiger partial charge in [0.1, 0.15) is 0 Å². The summed E-state index contributed by atoms with van der Waals surface area (Å²) in [6.45, 7) is 4.68. The molecule has 0 aromatic heterocycles. The first-order valence-electron chi connectivity index (χ1n) is 7.02. The van der Waals surface area contributed by atoms with E-state index in [2.05, 4.69) is 11.8 Å². The molecule has 1 saturated heterocycles. The zero-order valence-corrected chi connectivity index (χ0v) is 12.0. The number of benzene rings is 1. The van der Waals surface area contributed by atoms with E-state index >= 15 is 0 Å². The van der Waals surface area contributed by atoms with Crippen molar-refractivity contribution in [2.45, 2.75) is 37.6 Å². The summed E-state index contributed by atoms with van der Waals surface area (Å²) >= 11 is 6.57. The van der Waals surface area contributed by atoms with Crippen LogP contribution in [0.5, 0.6) is 11.5 Å². The van der Waals surface area contributed by atoms with Crippen LogP contribution in [0.3, 0.4) is 0 Å². The van der Waals surface area contributed by atoms with Gasteiger partial charge >= 0.3 is 0 Å². The van der Waals surface area contributed by atoms with Crippen molar-refractivity contribution in [2.75, 3.05) is 19.9 Å². The lowest BCUT2D eigenvalue weighted by molar-refractivity contribution is 0.161. The number of alkyl halides is 1. The van der Waals surface area contributed by atoms with Gasteiger partial charge in [-0.2, -0.15) is 0 Å². The molecule has 2 heterocycles. The fourth-order valence-corrected chi connectivity index (χ4v) is 3.16. The molecule has 2 aliphatic rings. The molecule has 0 saturated carbocycles. The third-order valence-corrected chi connectivity index (χ3v) is 4.48. The van der Waals surface area contributed by atoms with E-state index in [1.54, 1.807) is 0 Å². The summed E-state index contributed by atoms with van der Waals surface area (Å²) in [5.41, 5.74) is 1.11. The van der Waals surface area contributed by atoms with Crippen LogP contribution in [0.4, 0.5) is 0 Å². The number of nitrogens with zero attached hydrogens (tertiary/aromatic N) is 1. The molecule has 3 rings (SSSR count). The standard InChI is InChI=1S/C15H20ClNO2/c1-11-4-2-3-7-17(11)9-13(16)12-5-6-14-15(8-12)19-10-18-14/h5-6,8,11,13H,2-4,7,9-10H2,1H3. The average Bonchev–Trinajstić information content (AvgIpc) is 2.88. The number of hydrogen-bond acceptors (Lipinski definition) is 3. The molecule has 2 unspecified atom stereocenters. The molecule has 0 aliphatic carbocycles. The minimum atomic E-state index is 0.00931. The monoisotopic (exact) mass is 281 g/mol. The van der Waals surface area contributed by atoms with E-state index in [-0.39, 0.29) is 5.38 Å². The second kappa shape index (κ2) is 5.59. The van der Waals surface area contributed by atoms with E-state index < -0.39 is 0 Å². The lowest BCUT2D eigenvalue weighted by atomic mass is 10.0. The van der Waals surface area contributed by atoms with Crippen molar-refractivity contribution in [3.63, 3.8) is 0 Å². The first-order chi connectivity index (χ1) is 9.24. The van der Waals surface area contributed by atoms with E-state index in [9.17, 15) is 0 Å². The van der Waals surface area contributed by atoms with Crippen molar-refractivity contribution in [3.8, 4) is 11.5 Å². The summed E-state index contributed by atoms with van der Waals surface area (Å²) < 4.78 is 10.7. The van der Waals surface area contributed by atoms with Crippen LogP contribution in [-0.4, -0.2) is 30.8 Å². The Bertz CT molecular complexity index is 452. The van der Waals surface area contributed by atoms with Gasteiger partial charge in [0.05, 0.1) is 5.38 Å². The van der Waals surface area contributed by atoms with Crippen LogP contribution >= 0.6 is 11.6 Å². The molecule has 4 heteroatoms. The van der Waals surface area contributed by atoms with Gasteiger partial charge in [-0.25, -0.2) is 0 Å². The van der Waals surface area contributed by atoms with Crippen LogP contribution in [0.25, 0.3) is 0 Å². The third kappa shape index (κ3) is 2.82. The SMILES string of the molecule is CC1CCCCN1CC(Cl)c1ccc2c(c1)OCO2. The molecule has 0 bridgehead atoms. The minimum absolute atomic E-state index is 0.00931. The highest BCUT2D eigenvalue weighted by Crippen LogP contribution is 2.36. The number of ether oxygens (including phenoxy) is 2. The quantitative estimate of drug-likeness (QED) is 0.791. The van der Waals surface area contributed by atoms with E-state index in [0.717, 1.165) is 30.2 Å². The fraction of sp³-hybridized carbons (Fsp3) is 0.600. The Balaban J connectivity index is 1.68. The highest BCUT2D eigenvalue weighted by molar-refractivity contribution is 6.21. The minimum Gasteiger partial charge on any atom is -0.454 e. The van der Waals surface area contributed by atoms with Crippen LogP contribution in [0.2, 0.25) is 0 Å². The summed E-state index contributed by atoms with van der Waals surface area (Å²) in [6, 6.07) is 6.64. The highest BCUT2D eigenvalue weighted by Gasteiger charge is 2.23. The van der Waals surface area contributed by atoms with Gasteiger partial charge in [0, 0.05) is 12.6 Å². The summed E-state index contributed by atoms with van der Waals surface area (Å²) in [6.07, 6.45) is 3.91. The molecular formula is C15H20ClNO2. The first-order valence-corrected chi connectivity index (χ1v) is 7.45. The van der Waals surface area contributed by atoms with Crippen LogP contribution in [-0.2, 0) is 0 Å². The molecule has 0 N–H and O–H groups in total. The van der Waals surface area contributed by atoms with Gasteiger partial charge in [-0.1, -0.05) is 12.5 Å². The van der Waals surface area contributed by atoms with E-state index in [0.29, 0.717) is 12.8 Å². The summed E-state index contributed by atoms with van der Waals surface area (Å²) in [5.74, 6) is 1.63. The molecule has 3 nitrogen and oxygen atoms in total. The second-order valence-corrected chi connectivity index (χ2v) is 5.95. The Labute approximate surface area is 119 Å². The van der Waals surface area contributed by atoms with Crippen LogP contribution < -0.4 is 9.47 Å². The molecule has 1 fully saturated rings. The maximum absolute atomic E-state index is 6.57. The summed E-state index contributed by atoms with van der Waals surface area (Å²) in [5, 5.41) is 0.00931. The predicted molar refractivity (Wildman–Crippen MR) is 76.0 cm³/mol. The Kier molecular flexibility index (Phi) is 3.85. The third-order valence-electron chi connectivity index (χ3n) is 4.09. The van der Waals surface area contributed by atoms with E-state index in [1.165, 1.54) is 19.3 Å². The van der Waals surface area contributed by atoms with Gasteiger partial charge in [-0.05, 0) is 44.0 Å². The molecule has 1 aromatic carbocycles. The Morgan fingerprint density at radius 2 is 2.16 bits per heavy atom. The fourth-order valence-electron chi connectivity index (χ4n) is 2.85. The topological polar surface area (TPSA) is 21.7 Å². The Morgan fingerprint density at radius 3 is 3.00 bits per heavy atom. The Hall–Kier alpha value is -0.930. The van der Waals surface area contributed by atoms with E-state index in [4.69, 9.17) is 21.1 Å². The zero-order valence-electron chi connectivity index (χ0n) is 11.3. The van der Waals surface area contributed by atoms with Gasteiger partial charge < -0.3 is 9.47 Å². The van der Waals surface area contributed by atoms with Crippen LogP contribution in [0, 0.1) is 0 Å². The largest absolute Gasteiger partial charge is 0.454 e. The van der Waals surface area contributed by atoms with E-state index in [1.807, 2.05) is 18.2 Å². The summed E-state index contributed by atoms with van der Waals surface area (Å²) in [7, 11) is 0. The molecule has 0 spiro atoms. The molecule has 1 aromatic rings. The Morgan fingerprint density at radius 1 is 1.32 bits per heavy atom. The molecule has 2 atom stereocenters. The first kappa shape index (κ1) is 13.1. The van der Waals surface area contributed by atoms with Crippen molar-refractivity contribution < 1.29 is 9.47 Å². The average molecular weight is 282 g/mol. The van der Waals surface area contributed by atoms with Crippen molar-refractivity contribution in [3.05, 3.63) is 23.8 Å². The predicted octanol–water partition coefficient (Wildman–Crippen LogP) is 3.57. The van der Waals surface area contributed by atoms with Crippen LogP contribution in [0.1, 0.15) is 37.1 Å². The smallest absolute Gasteiger partial charge is 0.231 e. The van der Waals surface area contributed by atoms with Gasteiger partial charge in [-0.3, -0.25) is 4.90 Å². The molecular weight excluding hydrogens is 262 g/mol. The molecule has 2 aliphatic heterocycles. The molecule has 0 radical (unpaired) electrons. The lowest BCUT2D eigenvalue weighted by Crippen LogP contribution is -2.39. The second-order valence-electron chi connectivity index (χ2n) is 5.42. The van der Waals surface area contributed by atoms with Crippen molar-refractivity contribution >= 4 is 11.6 Å². The normalized spacial score (nSPS) is 24.4. The van der Waals surface area contributed by atoms with Crippen molar-refractivity contribution in [1.82, 2.24) is 4.90 Å². The number of fused-ring (bicyclic) bond motifs is 1. The number of piperidine rings is 1. The number of likely N-dealkylation sites (tertiary alicyclic amines) is 1. The lowest BCUT2D eigenvalue weighted by Gasteiger charge is -2.34. The van der Waals surface area contributed by atoms with Crippen molar-refractivity contribution in [1.29, 1.82) is 0 Å². The number of rotatable bonds is 3. The molecule has 0 amide bonds. The maximum Gasteiger partial charge on any atom is 0.231 e. The van der Waals surface area contributed by atoms with Gasteiger partial charge in [-0.15, -0.1) is 11.6 Å². The van der Waals surface area contributed by atoms with Gasteiger partial charge in [0.2, 0.25) is 6.79 Å². The molecule has 19 heavy (non-hydrogen) atoms.